The lowest BCUT2D eigenvalue weighted by Crippen LogP contribution is -2.45. The second-order valence-electron chi connectivity index (χ2n) is 8.19. The summed E-state index contributed by atoms with van der Waals surface area (Å²) in [6.45, 7) is 6.42. The zero-order valence-electron chi connectivity index (χ0n) is 19.8. The quantitative estimate of drug-likeness (QED) is 0.283. The zero-order valence-corrected chi connectivity index (χ0v) is 19.8. The Morgan fingerprint density at radius 2 is 2.03 bits per heavy atom. The smallest absolute Gasteiger partial charge is 0.271 e. The Balaban J connectivity index is 1.82. The topological polar surface area (TPSA) is 140 Å². The number of non-ortho nitro benzene ring substituents is 1. The molecule has 11 nitrogen and oxygen atoms in total. The summed E-state index contributed by atoms with van der Waals surface area (Å²) in [5.74, 6) is -0.548. The van der Waals surface area contributed by atoms with Crippen molar-refractivity contribution in [3.8, 4) is 0 Å². The van der Waals surface area contributed by atoms with Gasteiger partial charge in [0.05, 0.1) is 22.7 Å². The Morgan fingerprint density at radius 1 is 1.26 bits per heavy atom. The normalized spacial score (nSPS) is 15.6. The maximum Gasteiger partial charge on any atom is 0.271 e. The number of nitro benzene ring substituents is 1. The van der Waals surface area contributed by atoms with Crippen LogP contribution in [0.3, 0.4) is 0 Å². The third-order valence-electron chi connectivity index (χ3n) is 6.03. The molecule has 1 saturated heterocycles. The molecule has 186 valence electrons. The van der Waals surface area contributed by atoms with E-state index in [-0.39, 0.29) is 23.1 Å². The summed E-state index contributed by atoms with van der Waals surface area (Å²) in [5.41, 5.74) is 6.07. The van der Waals surface area contributed by atoms with Crippen LogP contribution < -0.4 is 15.8 Å². The minimum absolute atomic E-state index is 0.101. The van der Waals surface area contributed by atoms with Crippen LogP contribution in [0.2, 0.25) is 0 Å². The monoisotopic (exact) mass is 482 g/mol. The Hall–Kier alpha value is -3.99. The SMILES string of the molecule is CCN(CC)C(=O)C1CCCN(c2ccc([N+](=O)[O-])cc2/C=N/NC(=O)c2cccc(NO)c2)C1. The number of hydrogen-bond donors (Lipinski definition) is 3. The maximum atomic E-state index is 12.9. The van der Waals surface area contributed by atoms with Crippen LogP contribution in [0.25, 0.3) is 0 Å². The van der Waals surface area contributed by atoms with Crippen LogP contribution in [-0.2, 0) is 4.79 Å². The average Bonchev–Trinajstić information content (AvgIpc) is 2.89. The molecule has 0 saturated carbocycles. The van der Waals surface area contributed by atoms with Crippen molar-refractivity contribution in [1.82, 2.24) is 10.3 Å². The number of anilines is 2. The second-order valence-corrected chi connectivity index (χ2v) is 8.19. The molecule has 0 aliphatic carbocycles. The predicted molar refractivity (Wildman–Crippen MR) is 133 cm³/mol. The van der Waals surface area contributed by atoms with E-state index in [0.29, 0.717) is 43.1 Å². The molecule has 1 unspecified atom stereocenters. The second kappa shape index (κ2) is 11.9. The molecule has 2 aromatic carbocycles. The van der Waals surface area contributed by atoms with Gasteiger partial charge in [-0.15, -0.1) is 0 Å². The first-order valence-electron chi connectivity index (χ1n) is 11.5. The largest absolute Gasteiger partial charge is 0.370 e. The summed E-state index contributed by atoms with van der Waals surface area (Å²) in [4.78, 5) is 40.0. The number of hydrogen-bond acceptors (Lipinski definition) is 8. The van der Waals surface area contributed by atoms with Gasteiger partial charge >= 0.3 is 0 Å². The number of carbonyl (C=O) groups excluding carboxylic acids is 2. The lowest BCUT2D eigenvalue weighted by Gasteiger charge is -2.36. The van der Waals surface area contributed by atoms with Crippen molar-refractivity contribution in [2.24, 2.45) is 11.0 Å². The Labute approximate surface area is 203 Å². The molecule has 1 fully saturated rings. The summed E-state index contributed by atoms with van der Waals surface area (Å²) in [6.07, 6.45) is 2.97. The fraction of sp³-hybridized carbons (Fsp3) is 0.375. The number of rotatable bonds is 9. The molecule has 1 aliphatic heterocycles. The lowest BCUT2D eigenvalue weighted by molar-refractivity contribution is -0.384. The molecule has 0 radical (unpaired) electrons. The highest BCUT2D eigenvalue weighted by atomic mass is 16.6. The first-order valence-corrected chi connectivity index (χ1v) is 11.5. The highest BCUT2D eigenvalue weighted by Gasteiger charge is 2.29. The van der Waals surface area contributed by atoms with E-state index in [1.54, 1.807) is 24.3 Å². The molecule has 1 aliphatic rings. The van der Waals surface area contributed by atoms with Gasteiger partial charge in [0.1, 0.15) is 0 Å². The van der Waals surface area contributed by atoms with Crippen molar-refractivity contribution in [2.75, 3.05) is 36.6 Å². The van der Waals surface area contributed by atoms with E-state index >= 15 is 0 Å². The average molecular weight is 483 g/mol. The van der Waals surface area contributed by atoms with Gasteiger partial charge in [-0.05, 0) is 51.0 Å². The van der Waals surface area contributed by atoms with Gasteiger partial charge in [-0.25, -0.2) is 5.43 Å². The molecule has 2 aromatic rings. The number of benzene rings is 2. The number of carbonyl (C=O) groups is 2. The third kappa shape index (κ3) is 6.33. The van der Waals surface area contributed by atoms with E-state index in [1.165, 1.54) is 24.4 Å². The summed E-state index contributed by atoms with van der Waals surface area (Å²) in [6, 6.07) is 10.7. The fourth-order valence-corrected chi connectivity index (χ4v) is 4.19. The summed E-state index contributed by atoms with van der Waals surface area (Å²) in [5, 5.41) is 24.4. The number of piperidine rings is 1. The molecule has 1 atom stereocenters. The standard InChI is InChI=1S/C24H30N6O5/c1-3-28(4-2)24(32)18-8-6-12-29(16-18)22-11-10-21(30(34)35)14-19(22)15-25-26-23(31)17-7-5-9-20(13-17)27-33/h5,7,9-11,13-15,18,27,33H,3-4,6,8,12,16H2,1-2H3,(H,26,31)/b25-15+. The molecule has 35 heavy (non-hydrogen) atoms. The van der Waals surface area contributed by atoms with Crippen molar-refractivity contribution in [1.29, 1.82) is 0 Å². The van der Waals surface area contributed by atoms with Gasteiger partial charge < -0.3 is 9.80 Å². The molecule has 2 amide bonds. The summed E-state index contributed by atoms with van der Waals surface area (Å²) in [7, 11) is 0. The van der Waals surface area contributed by atoms with Gasteiger partial charge in [-0.1, -0.05) is 6.07 Å². The molecule has 0 bridgehead atoms. The van der Waals surface area contributed by atoms with Crippen molar-refractivity contribution < 1.29 is 19.7 Å². The number of amides is 2. The molecule has 3 N–H and O–H groups in total. The third-order valence-corrected chi connectivity index (χ3v) is 6.03. The highest BCUT2D eigenvalue weighted by molar-refractivity contribution is 5.96. The Morgan fingerprint density at radius 3 is 2.71 bits per heavy atom. The minimum atomic E-state index is -0.506. The van der Waals surface area contributed by atoms with E-state index in [0.717, 1.165) is 12.8 Å². The Bertz CT molecular complexity index is 1100. The first kappa shape index (κ1) is 25.6. The highest BCUT2D eigenvalue weighted by Crippen LogP contribution is 2.29. The molecule has 3 rings (SSSR count). The van der Waals surface area contributed by atoms with Crippen LogP contribution in [0.4, 0.5) is 17.1 Å². The fourth-order valence-electron chi connectivity index (χ4n) is 4.19. The van der Waals surface area contributed by atoms with E-state index in [1.807, 2.05) is 29.1 Å². The van der Waals surface area contributed by atoms with Crippen molar-refractivity contribution in [2.45, 2.75) is 26.7 Å². The molecular weight excluding hydrogens is 452 g/mol. The van der Waals surface area contributed by atoms with Gasteiger partial charge in [0.15, 0.2) is 0 Å². The summed E-state index contributed by atoms with van der Waals surface area (Å²) < 4.78 is 0. The van der Waals surface area contributed by atoms with E-state index in [4.69, 9.17) is 5.21 Å². The molecule has 11 heteroatoms. The summed E-state index contributed by atoms with van der Waals surface area (Å²) >= 11 is 0. The maximum absolute atomic E-state index is 12.9. The number of hydrazone groups is 1. The van der Waals surface area contributed by atoms with Crippen LogP contribution in [0.5, 0.6) is 0 Å². The minimum Gasteiger partial charge on any atom is -0.370 e. The van der Waals surface area contributed by atoms with Crippen molar-refractivity contribution in [3.63, 3.8) is 0 Å². The van der Waals surface area contributed by atoms with Gasteiger partial charge in [0.2, 0.25) is 5.91 Å². The van der Waals surface area contributed by atoms with Crippen LogP contribution >= 0.6 is 0 Å². The van der Waals surface area contributed by atoms with Gasteiger partial charge in [-0.3, -0.25) is 30.4 Å². The Kier molecular flexibility index (Phi) is 8.74. The van der Waals surface area contributed by atoms with Gasteiger partial charge in [0, 0.05) is 55.1 Å². The van der Waals surface area contributed by atoms with E-state index < -0.39 is 10.8 Å². The van der Waals surface area contributed by atoms with Crippen LogP contribution in [0, 0.1) is 16.0 Å². The number of nitrogens with zero attached hydrogens (tertiary/aromatic N) is 4. The van der Waals surface area contributed by atoms with Crippen LogP contribution in [0.1, 0.15) is 42.6 Å². The van der Waals surface area contributed by atoms with Crippen LogP contribution in [0.15, 0.2) is 47.6 Å². The zero-order chi connectivity index (χ0) is 25.4. The van der Waals surface area contributed by atoms with Gasteiger partial charge in [0.25, 0.3) is 11.6 Å². The van der Waals surface area contributed by atoms with Gasteiger partial charge in [-0.2, -0.15) is 5.10 Å². The predicted octanol–water partition coefficient (Wildman–Crippen LogP) is 3.24. The number of nitro groups is 1. The van der Waals surface area contributed by atoms with E-state index in [2.05, 4.69) is 10.5 Å². The van der Waals surface area contributed by atoms with Crippen LogP contribution in [-0.4, -0.2) is 59.2 Å². The lowest BCUT2D eigenvalue weighted by atomic mass is 9.95. The van der Waals surface area contributed by atoms with Crippen molar-refractivity contribution in [3.05, 3.63) is 63.7 Å². The molecule has 0 spiro atoms. The molecule has 0 aromatic heterocycles. The molecule has 1 heterocycles. The first-order chi connectivity index (χ1) is 16.9. The number of nitrogens with one attached hydrogen (secondary N) is 2. The van der Waals surface area contributed by atoms with Crippen molar-refractivity contribution >= 4 is 35.1 Å². The van der Waals surface area contributed by atoms with E-state index in [9.17, 15) is 19.7 Å². The molecular formula is C24H30N6O5.